The molecule has 5 heteroatoms. The highest BCUT2D eigenvalue weighted by Gasteiger charge is 2.47. The van der Waals surface area contributed by atoms with E-state index in [0.29, 0.717) is 0 Å². The van der Waals surface area contributed by atoms with Gasteiger partial charge in [0.05, 0.1) is 0 Å². The molecule has 0 aromatic heterocycles. The van der Waals surface area contributed by atoms with Crippen LogP contribution in [0.25, 0.3) is 11.1 Å². The van der Waals surface area contributed by atoms with Crippen molar-refractivity contribution >= 4 is 11.6 Å². The monoisotopic (exact) mass is 267 g/mol. The maximum atomic E-state index is 12.0. The summed E-state index contributed by atoms with van der Waals surface area (Å²) in [6.07, 6.45) is 0. The Hall–Kier alpha value is -2.82. The van der Waals surface area contributed by atoms with E-state index >= 15 is 0 Å². The number of hydrogen-bond acceptors (Lipinski definition) is 4. The molecule has 1 aliphatic carbocycles. The van der Waals surface area contributed by atoms with Crippen LogP contribution in [0, 0.1) is 10.1 Å². The van der Waals surface area contributed by atoms with Crippen LogP contribution in [-0.4, -0.2) is 22.5 Å². The fourth-order valence-corrected chi connectivity index (χ4v) is 2.38. The van der Waals surface area contributed by atoms with E-state index in [1.807, 2.05) is 30.3 Å². The average molecular weight is 267 g/mol. The number of carbonyl (C=O) groups is 2. The zero-order valence-corrected chi connectivity index (χ0v) is 10.3. The van der Waals surface area contributed by atoms with Gasteiger partial charge in [-0.3, -0.25) is 19.7 Å². The number of ketones is 2. The Balaban J connectivity index is 2.11. The van der Waals surface area contributed by atoms with Gasteiger partial charge >= 0.3 is 6.04 Å². The van der Waals surface area contributed by atoms with Crippen LogP contribution in [-0.2, 0) is 0 Å². The number of nitrogens with zero attached hydrogens (tertiary/aromatic N) is 1. The van der Waals surface area contributed by atoms with Crippen LogP contribution in [0.4, 0.5) is 0 Å². The Labute approximate surface area is 114 Å². The first-order chi connectivity index (χ1) is 9.59. The molecule has 0 unspecified atom stereocenters. The second-order valence-electron chi connectivity index (χ2n) is 4.54. The molecule has 98 valence electrons. The smallest absolute Gasteiger partial charge is 0.286 e. The molecule has 0 bridgehead atoms. The molecule has 0 heterocycles. The third-order valence-electron chi connectivity index (χ3n) is 3.37. The van der Waals surface area contributed by atoms with Crippen molar-refractivity contribution in [3.63, 3.8) is 0 Å². The molecule has 0 saturated carbocycles. The molecule has 20 heavy (non-hydrogen) atoms. The van der Waals surface area contributed by atoms with E-state index in [9.17, 15) is 19.7 Å². The van der Waals surface area contributed by atoms with Gasteiger partial charge in [0.25, 0.3) is 0 Å². The van der Waals surface area contributed by atoms with Crippen LogP contribution < -0.4 is 0 Å². The third-order valence-corrected chi connectivity index (χ3v) is 3.37. The molecule has 1 aliphatic rings. The van der Waals surface area contributed by atoms with Gasteiger partial charge in [0.2, 0.25) is 11.6 Å². The predicted octanol–water partition coefficient (Wildman–Crippen LogP) is 2.38. The molecule has 0 spiro atoms. The SMILES string of the molecule is O=C1c2ccc(-c3ccccc3)cc2C(=O)[C@@H]1[N+](=O)[O-]. The minimum absolute atomic E-state index is 0.136. The zero-order chi connectivity index (χ0) is 14.3. The van der Waals surface area contributed by atoms with Crippen LogP contribution in [0.15, 0.2) is 48.5 Å². The van der Waals surface area contributed by atoms with Gasteiger partial charge in [-0.2, -0.15) is 0 Å². The van der Waals surface area contributed by atoms with Gasteiger partial charge in [-0.15, -0.1) is 0 Å². The highest BCUT2D eigenvalue weighted by Crippen LogP contribution is 2.29. The minimum atomic E-state index is -1.78. The van der Waals surface area contributed by atoms with E-state index in [-0.39, 0.29) is 11.1 Å². The van der Waals surface area contributed by atoms with Crippen molar-refractivity contribution < 1.29 is 14.5 Å². The molecule has 0 N–H and O–H groups in total. The zero-order valence-electron chi connectivity index (χ0n) is 10.3. The first-order valence-electron chi connectivity index (χ1n) is 6.01. The second kappa shape index (κ2) is 4.38. The summed E-state index contributed by atoms with van der Waals surface area (Å²) < 4.78 is 0. The number of rotatable bonds is 2. The standard InChI is InChI=1S/C15H9NO4/c17-14-11-7-6-10(9-4-2-1-3-5-9)8-12(11)15(18)13(14)16(19)20/h1-8,13H/t13-/m1/s1. The van der Waals surface area contributed by atoms with Crippen LogP contribution >= 0.6 is 0 Å². The van der Waals surface area contributed by atoms with Crippen molar-refractivity contribution in [1.82, 2.24) is 0 Å². The van der Waals surface area contributed by atoms with Gasteiger partial charge < -0.3 is 0 Å². The predicted molar refractivity (Wildman–Crippen MR) is 71.3 cm³/mol. The number of fused-ring (bicyclic) bond motifs is 1. The lowest BCUT2D eigenvalue weighted by atomic mass is 10.0. The van der Waals surface area contributed by atoms with Gasteiger partial charge in [-0.05, 0) is 23.3 Å². The maximum Gasteiger partial charge on any atom is 0.336 e. The van der Waals surface area contributed by atoms with Crippen LogP contribution in [0.3, 0.4) is 0 Å². The van der Waals surface area contributed by atoms with E-state index in [1.54, 1.807) is 12.1 Å². The fraction of sp³-hybridized carbons (Fsp3) is 0.0667. The number of hydrogen-bond donors (Lipinski definition) is 0. The lowest BCUT2D eigenvalue weighted by molar-refractivity contribution is -0.488. The largest absolute Gasteiger partial charge is 0.336 e. The second-order valence-corrected chi connectivity index (χ2v) is 4.54. The Morgan fingerprint density at radius 3 is 2.15 bits per heavy atom. The number of benzene rings is 2. The molecular formula is C15H9NO4. The molecule has 0 aliphatic heterocycles. The topological polar surface area (TPSA) is 77.3 Å². The maximum absolute atomic E-state index is 12.0. The first-order valence-corrected chi connectivity index (χ1v) is 6.01. The van der Waals surface area contributed by atoms with Crippen molar-refractivity contribution in [3.8, 4) is 11.1 Å². The quantitative estimate of drug-likeness (QED) is 0.475. The number of Topliss-reactive ketones (excluding diaryl/α,β-unsaturated/α-hetero) is 2. The number of carbonyl (C=O) groups excluding carboxylic acids is 2. The summed E-state index contributed by atoms with van der Waals surface area (Å²) in [5.41, 5.74) is 1.92. The highest BCUT2D eigenvalue weighted by molar-refractivity contribution is 6.28. The van der Waals surface area contributed by atoms with Gasteiger partial charge in [-0.1, -0.05) is 36.4 Å². The summed E-state index contributed by atoms with van der Waals surface area (Å²) in [4.78, 5) is 33.8. The average Bonchev–Trinajstić information content (AvgIpc) is 2.71. The molecule has 2 aromatic carbocycles. The van der Waals surface area contributed by atoms with Crippen molar-refractivity contribution in [3.05, 3.63) is 69.8 Å². The highest BCUT2D eigenvalue weighted by atomic mass is 16.6. The van der Waals surface area contributed by atoms with Gasteiger partial charge in [0.1, 0.15) is 0 Å². The van der Waals surface area contributed by atoms with E-state index < -0.39 is 22.5 Å². The van der Waals surface area contributed by atoms with Crippen LogP contribution in [0.2, 0.25) is 0 Å². The molecule has 0 fully saturated rings. The molecule has 0 saturated heterocycles. The first kappa shape index (κ1) is 12.2. The summed E-state index contributed by atoms with van der Waals surface area (Å²) >= 11 is 0. The molecule has 2 aromatic rings. The molecule has 1 atom stereocenters. The summed E-state index contributed by atoms with van der Waals surface area (Å²) in [5.74, 6) is -1.46. The lowest BCUT2D eigenvalue weighted by Crippen LogP contribution is -2.31. The molecular weight excluding hydrogens is 258 g/mol. The fourth-order valence-electron chi connectivity index (χ4n) is 2.38. The summed E-state index contributed by atoms with van der Waals surface area (Å²) in [6, 6.07) is 12.3. The summed E-state index contributed by atoms with van der Waals surface area (Å²) in [6.45, 7) is 0. The Bertz CT molecular complexity index is 737. The van der Waals surface area contributed by atoms with Gasteiger partial charge in [0.15, 0.2) is 0 Å². The van der Waals surface area contributed by atoms with E-state index in [4.69, 9.17) is 0 Å². The van der Waals surface area contributed by atoms with Gasteiger partial charge in [0, 0.05) is 16.1 Å². The van der Waals surface area contributed by atoms with E-state index in [1.165, 1.54) is 6.07 Å². The molecule has 5 nitrogen and oxygen atoms in total. The molecule has 3 rings (SSSR count). The molecule has 0 amide bonds. The van der Waals surface area contributed by atoms with Crippen molar-refractivity contribution in [1.29, 1.82) is 0 Å². The molecule has 0 radical (unpaired) electrons. The van der Waals surface area contributed by atoms with Crippen molar-refractivity contribution in [2.24, 2.45) is 0 Å². The van der Waals surface area contributed by atoms with E-state index in [0.717, 1.165) is 11.1 Å². The normalized spacial score (nSPS) is 17.1. The number of nitro groups is 1. The Morgan fingerprint density at radius 1 is 0.850 bits per heavy atom. The van der Waals surface area contributed by atoms with Crippen LogP contribution in [0.5, 0.6) is 0 Å². The van der Waals surface area contributed by atoms with E-state index in [2.05, 4.69) is 0 Å². The Morgan fingerprint density at radius 2 is 1.50 bits per heavy atom. The minimum Gasteiger partial charge on any atom is -0.286 e. The van der Waals surface area contributed by atoms with Crippen LogP contribution in [0.1, 0.15) is 20.7 Å². The lowest BCUT2D eigenvalue weighted by Gasteiger charge is -2.03. The van der Waals surface area contributed by atoms with Gasteiger partial charge in [-0.25, -0.2) is 0 Å². The van der Waals surface area contributed by atoms with Crippen molar-refractivity contribution in [2.75, 3.05) is 0 Å². The third kappa shape index (κ3) is 1.72. The summed E-state index contributed by atoms with van der Waals surface area (Å²) in [5, 5.41) is 10.8. The Kier molecular flexibility index (Phi) is 2.68. The van der Waals surface area contributed by atoms with Crippen molar-refractivity contribution in [2.45, 2.75) is 6.04 Å². The summed E-state index contributed by atoms with van der Waals surface area (Å²) in [7, 11) is 0.